The van der Waals surface area contributed by atoms with E-state index < -0.39 is 6.10 Å². The highest BCUT2D eigenvalue weighted by atomic mass is 16.5. The number of β-amino-alcohol motifs (C(OH)–C–C–N with tert-alkyl or cyclic N) is 1. The van der Waals surface area contributed by atoms with Gasteiger partial charge in [-0.3, -0.25) is 4.90 Å². The lowest BCUT2D eigenvalue weighted by atomic mass is 10.1. The SMILES string of the molecule is Cc1ccc(OC[C@@H](O)CN2CCOCC2)c(C)c1. The molecule has 0 radical (unpaired) electrons. The second kappa shape index (κ2) is 6.89. The fourth-order valence-electron chi connectivity index (χ4n) is 2.28. The van der Waals surface area contributed by atoms with Crippen LogP contribution in [0, 0.1) is 13.8 Å². The van der Waals surface area contributed by atoms with Gasteiger partial charge in [0.15, 0.2) is 0 Å². The van der Waals surface area contributed by atoms with E-state index in [1.165, 1.54) is 5.56 Å². The van der Waals surface area contributed by atoms with Crippen molar-refractivity contribution in [3.8, 4) is 5.75 Å². The van der Waals surface area contributed by atoms with Gasteiger partial charge in [-0.15, -0.1) is 0 Å². The van der Waals surface area contributed by atoms with Gasteiger partial charge in [-0.2, -0.15) is 0 Å². The van der Waals surface area contributed by atoms with Crippen molar-refractivity contribution in [2.24, 2.45) is 0 Å². The largest absolute Gasteiger partial charge is 0.491 e. The number of hydrogen-bond donors (Lipinski definition) is 1. The molecule has 2 rings (SSSR count). The maximum Gasteiger partial charge on any atom is 0.122 e. The molecule has 0 saturated carbocycles. The zero-order valence-electron chi connectivity index (χ0n) is 11.8. The van der Waals surface area contributed by atoms with Crippen LogP contribution in [0.3, 0.4) is 0 Å². The summed E-state index contributed by atoms with van der Waals surface area (Å²) in [7, 11) is 0. The van der Waals surface area contributed by atoms with E-state index in [1.54, 1.807) is 0 Å². The van der Waals surface area contributed by atoms with Gasteiger partial charge in [0, 0.05) is 19.6 Å². The Morgan fingerprint density at radius 2 is 2.05 bits per heavy atom. The van der Waals surface area contributed by atoms with Crippen LogP contribution in [0.4, 0.5) is 0 Å². The Hall–Kier alpha value is -1.10. The minimum atomic E-state index is -0.459. The summed E-state index contributed by atoms with van der Waals surface area (Å²) >= 11 is 0. The lowest BCUT2D eigenvalue weighted by molar-refractivity contribution is 0.00460. The highest BCUT2D eigenvalue weighted by Gasteiger charge is 2.15. The molecule has 1 aromatic rings. The van der Waals surface area contributed by atoms with Gasteiger partial charge in [0.1, 0.15) is 18.5 Å². The first kappa shape index (κ1) is 14.3. The molecule has 1 heterocycles. The number of benzene rings is 1. The molecule has 0 unspecified atom stereocenters. The second-order valence-corrected chi connectivity index (χ2v) is 5.15. The van der Waals surface area contributed by atoms with Crippen molar-refractivity contribution in [2.75, 3.05) is 39.5 Å². The number of ether oxygens (including phenoxy) is 2. The van der Waals surface area contributed by atoms with Gasteiger partial charge < -0.3 is 14.6 Å². The summed E-state index contributed by atoms with van der Waals surface area (Å²) in [6, 6.07) is 6.08. The number of nitrogens with zero attached hydrogens (tertiary/aromatic N) is 1. The Morgan fingerprint density at radius 1 is 1.32 bits per heavy atom. The Bertz CT molecular complexity index is 402. The van der Waals surface area contributed by atoms with Crippen molar-refractivity contribution in [2.45, 2.75) is 20.0 Å². The van der Waals surface area contributed by atoms with Crippen LogP contribution in [-0.4, -0.2) is 55.6 Å². The average Bonchev–Trinajstić information content (AvgIpc) is 2.39. The van der Waals surface area contributed by atoms with Crippen LogP contribution in [0.5, 0.6) is 5.75 Å². The molecule has 19 heavy (non-hydrogen) atoms. The molecule has 0 aromatic heterocycles. The topological polar surface area (TPSA) is 41.9 Å². The molecule has 0 bridgehead atoms. The Labute approximate surface area is 114 Å². The van der Waals surface area contributed by atoms with Crippen LogP contribution >= 0.6 is 0 Å². The number of hydrogen-bond acceptors (Lipinski definition) is 4. The summed E-state index contributed by atoms with van der Waals surface area (Å²) in [5.74, 6) is 0.853. The van der Waals surface area contributed by atoms with Crippen LogP contribution in [0.1, 0.15) is 11.1 Å². The molecule has 1 aromatic carbocycles. The molecule has 1 atom stereocenters. The summed E-state index contributed by atoms with van der Waals surface area (Å²) in [6.45, 7) is 8.35. The molecular formula is C15H23NO3. The van der Waals surface area contributed by atoms with Crippen LogP contribution in [0.2, 0.25) is 0 Å². The minimum absolute atomic E-state index is 0.335. The van der Waals surface area contributed by atoms with Gasteiger partial charge >= 0.3 is 0 Å². The van der Waals surface area contributed by atoms with E-state index in [9.17, 15) is 5.11 Å². The Kier molecular flexibility index (Phi) is 5.19. The van der Waals surface area contributed by atoms with E-state index in [2.05, 4.69) is 17.9 Å². The van der Waals surface area contributed by atoms with Crippen molar-refractivity contribution in [3.05, 3.63) is 29.3 Å². The normalized spacial score (nSPS) is 18.3. The molecule has 1 aliphatic heterocycles. The number of morpholine rings is 1. The van der Waals surface area contributed by atoms with Crippen molar-refractivity contribution in [1.29, 1.82) is 0 Å². The summed E-state index contributed by atoms with van der Waals surface area (Å²) in [6.07, 6.45) is -0.459. The monoisotopic (exact) mass is 265 g/mol. The van der Waals surface area contributed by atoms with Crippen molar-refractivity contribution >= 4 is 0 Å². The highest BCUT2D eigenvalue weighted by molar-refractivity contribution is 5.35. The number of aryl methyl sites for hydroxylation is 2. The van der Waals surface area contributed by atoms with E-state index in [0.29, 0.717) is 13.2 Å². The summed E-state index contributed by atoms with van der Waals surface area (Å²) < 4.78 is 11.0. The maximum atomic E-state index is 10.0. The minimum Gasteiger partial charge on any atom is -0.491 e. The molecular weight excluding hydrogens is 242 g/mol. The quantitative estimate of drug-likeness (QED) is 0.873. The van der Waals surface area contributed by atoms with Crippen molar-refractivity contribution in [3.63, 3.8) is 0 Å². The molecule has 0 aliphatic carbocycles. The third-order valence-corrected chi connectivity index (χ3v) is 3.33. The van der Waals surface area contributed by atoms with E-state index in [-0.39, 0.29) is 0 Å². The van der Waals surface area contributed by atoms with Crippen LogP contribution < -0.4 is 4.74 Å². The molecule has 1 fully saturated rings. The van der Waals surface area contributed by atoms with Crippen LogP contribution in [-0.2, 0) is 4.74 Å². The van der Waals surface area contributed by atoms with Crippen molar-refractivity contribution in [1.82, 2.24) is 4.90 Å². The zero-order chi connectivity index (χ0) is 13.7. The van der Waals surface area contributed by atoms with Gasteiger partial charge in [0.05, 0.1) is 13.2 Å². The maximum absolute atomic E-state index is 10.0. The first-order valence-corrected chi connectivity index (χ1v) is 6.83. The lowest BCUT2D eigenvalue weighted by Gasteiger charge is -2.28. The number of aliphatic hydroxyl groups is 1. The first-order valence-electron chi connectivity index (χ1n) is 6.83. The van der Waals surface area contributed by atoms with Crippen LogP contribution in [0.15, 0.2) is 18.2 Å². The van der Waals surface area contributed by atoms with E-state index >= 15 is 0 Å². The van der Waals surface area contributed by atoms with Gasteiger partial charge in [-0.1, -0.05) is 17.7 Å². The fraction of sp³-hybridized carbons (Fsp3) is 0.600. The molecule has 1 saturated heterocycles. The average molecular weight is 265 g/mol. The predicted molar refractivity (Wildman–Crippen MR) is 74.7 cm³/mol. The number of aliphatic hydroxyl groups excluding tert-OH is 1. The Morgan fingerprint density at radius 3 is 2.74 bits per heavy atom. The first-order chi connectivity index (χ1) is 9.15. The lowest BCUT2D eigenvalue weighted by Crippen LogP contribution is -2.42. The van der Waals surface area contributed by atoms with Gasteiger partial charge in [-0.25, -0.2) is 0 Å². The summed E-state index contributed by atoms with van der Waals surface area (Å²) in [5.41, 5.74) is 2.33. The van der Waals surface area contributed by atoms with E-state index in [4.69, 9.17) is 9.47 Å². The summed E-state index contributed by atoms with van der Waals surface area (Å²) in [5, 5.41) is 10.0. The molecule has 0 spiro atoms. The second-order valence-electron chi connectivity index (χ2n) is 5.15. The smallest absolute Gasteiger partial charge is 0.122 e. The standard InChI is InChI=1S/C15H23NO3/c1-12-3-4-15(13(2)9-12)19-11-14(17)10-16-5-7-18-8-6-16/h3-4,9,14,17H,5-8,10-11H2,1-2H3/t14-/m0/s1. The third-order valence-electron chi connectivity index (χ3n) is 3.33. The third kappa shape index (κ3) is 4.49. The molecule has 1 aliphatic rings. The van der Waals surface area contributed by atoms with Crippen LogP contribution in [0.25, 0.3) is 0 Å². The molecule has 4 nitrogen and oxygen atoms in total. The number of rotatable bonds is 5. The van der Waals surface area contributed by atoms with E-state index in [0.717, 1.165) is 37.6 Å². The van der Waals surface area contributed by atoms with Gasteiger partial charge in [0.2, 0.25) is 0 Å². The molecule has 0 amide bonds. The van der Waals surface area contributed by atoms with Gasteiger partial charge in [0.25, 0.3) is 0 Å². The summed E-state index contributed by atoms with van der Waals surface area (Å²) in [4.78, 5) is 2.21. The Balaban J connectivity index is 1.77. The van der Waals surface area contributed by atoms with E-state index in [1.807, 2.05) is 19.1 Å². The zero-order valence-corrected chi connectivity index (χ0v) is 11.8. The van der Waals surface area contributed by atoms with Crippen molar-refractivity contribution < 1.29 is 14.6 Å². The highest BCUT2D eigenvalue weighted by Crippen LogP contribution is 2.18. The molecule has 106 valence electrons. The molecule has 1 N–H and O–H groups in total. The predicted octanol–water partition coefficient (Wildman–Crippen LogP) is 1.38. The fourth-order valence-corrected chi connectivity index (χ4v) is 2.28. The van der Waals surface area contributed by atoms with Gasteiger partial charge in [-0.05, 0) is 25.5 Å². The molecule has 4 heteroatoms.